The van der Waals surface area contributed by atoms with Gasteiger partial charge in [0.1, 0.15) is 17.4 Å². The number of imide groups is 1. The number of aliphatic hydroxyl groups excluding tert-OH is 1. The highest BCUT2D eigenvalue weighted by Gasteiger charge is 2.34. The molecule has 0 saturated carbocycles. The molecule has 1 fully saturated rings. The van der Waals surface area contributed by atoms with Crippen molar-refractivity contribution in [2.45, 2.75) is 77.9 Å². The summed E-state index contributed by atoms with van der Waals surface area (Å²) in [5.41, 5.74) is -2.45. The monoisotopic (exact) mass is 411 g/mol. The van der Waals surface area contributed by atoms with E-state index < -0.39 is 35.3 Å². The number of carbonyl (C=O) groups excluding carboxylic acids is 2. The largest absolute Gasteiger partial charge is 0.443 e. The van der Waals surface area contributed by atoms with Gasteiger partial charge in [-0.15, -0.1) is 0 Å². The summed E-state index contributed by atoms with van der Waals surface area (Å²) < 4.78 is 17.4. The highest BCUT2D eigenvalue weighted by molar-refractivity contribution is 6.08. The fourth-order valence-electron chi connectivity index (χ4n) is 2.65. The molecular formula is C19H29N3O7. The van der Waals surface area contributed by atoms with Crippen LogP contribution in [0.5, 0.6) is 0 Å². The van der Waals surface area contributed by atoms with Crippen molar-refractivity contribution in [2.24, 2.45) is 0 Å². The Balaban J connectivity index is 2.35. The molecule has 0 bridgehead atoms. The maximum atomic E-state index is 12.6. The second-order valence-electron chi connectivity index (χ2n) is 8.74. The van der Waals surface area contributed by atoms with Gasteiger partial charge in [0.15, 0.2) is 5.82 Å². The van der Waals surface area contributed by atoms with Crippen LogP contribution in [-0.4, -0.2) is 50.8 Å². The van der Waals surface area contributed by atoms with Crippen molar-refractivity contribution < 1.29 is 28.9 Å². The van der Waals surface area contributed by atoms with Gasteiger partial charge in [-0.2, -0.15) is 9.88 Å². The first kappa shape index (κ1) is 22.8. The Morgan fingerprint density at radius 2 is 1.72 bits per heavy atom. The minimum absolute atomic E-state index is 0.137. The smallest absolute Gasteiger partial charge is 0.425 e. The molecule has 2 unspecified atom stereocenters. The molecule has 10 nitrogen and oxygen atoms in total. The van der Waals surface area contributed by atoms with Gasteiger partial charge in [-0.1, -0.05) is 0 Å². The fourth-order valence-corrected chi connectivity index (χ4v) is 2.65. The Morgan fingerprint density at radius 3 is 2.14 bits per heavy atom. The number of carbonyl (C=O) groups is 2. The second-order valence-corrected chi connectivity index (χ2v) is 8.74. The summed E-state index contributed by atoms with van der Waals surface area (Å²) in [5, 5.41) is 9.19. The van der Waals surface area contributed by atoms with Crippen LogP contribution < -0.4 is 10.6 Å². The topological polar surface area (TPSA) is 120 Å². The van der Waals surface area contributed by atoms with E-state index in [1.54, 1.807) is 41.5 Å². The second kappa shape index (κ2) is 8.50. The summed E-state index contributed by atoms with van der Waals surface area (Å²) in [4.78, 5) is 42.2. The van der Waals surface area contributed by atoms with E-state index in [-0.39, 0.29) is 18.5 Å². The molecule has 0 spiro atoms. The van der Waals surface area contributed by atoms with Crippen molar-refractivity contribution in [1.82, 2.24) is 9.55 Å². The van der Waals surface area contributed by atoms with Gasteiger partial charge in [0.2, 0.25) is 0 Å². The number of rotatable bonds is 3. The van der Waals surface area contributed by atoms with Gasteiger partial charge in [0, 0.05) is 6.20 Å². The standard InChI is InChI=1S/C19H29N3O7/c1-18(2,3)28-16(25)22(17(26)29-19(4,5)6)13-9-10-21(15(24)20-13)14-8-7-12(11-23)27-14/h9-10,12,14,23H,7-8,11H2,1-6H3. The summed E-state index contributed by atoms with van der Waals surface area (Å²) >= 11 is 0. The first-order valence-corrected chi connectivity index (χ1v) is 9.42. The molecule has 162 valence electrons. The molecule has 0 aromatic carbocycles. The molecule has 0 radical (unpaired) electrons. The molecule has 1 aliphatic heterocycles. The van der Waals surface area contributed by atoms with Gasteiger partial charge in [-0.05, 0) is 60.5 Å². The van der Waals surface area contributed by atoms with Crippen LogP contribution in [0.25, 0.3) is 0 Å². The molecule has 1 aromatic heterocycles. The van der Waals surface area contributed by atoms with Crippen LogP contribution in [0.1, 0.15) is 60.6 Å². The van der Waals surface area contributed by atoms with Gasteiger partial charge in [0.05, 0.1) is 12.7 Å². The highest BCUT2D eigenvalue weighted by Crippen LogP contribution is 2.27. The quantitative estimate of drug-likeness (QED) is 0.806. The molecule has 2 rings (SSSR count). The Kier molecular flexibility index (Phi) is 6.69. The summed E-state index contributed by atoms with van der Waals surface area (Å²) in [6.45, 7) is 9.77. The lowest BCUT2D eigenvalue weighted by atomic mass is 10.2. The Hall–Kier alpha value is -2.46. The van der Waals surface area contributed by atoms with Crippen molar-refractivity contribution >= 4 is 18.0 Å². The number of hydrogen-bond acceptors (Lipinski definition) is 8. The van der Waals surface area contributed by atoms with E-state index >= 15 is 0 Å². The zero-order valence-corrected chi connectivity index (χ0v) is 17.7. The van der Waals surface area contributed by atoms with Crippen LogP contribution in [0.2, 0.25) is 0 Å². The molecule has 0 aliphatic carbocycles. The predicted molar refractivity (Wildman–Crippen MR) is 104 cm³/mol. The maximum absolute atomic E-state index is 12.6. The highest BCUT2D eigenvalue weighted by atomic mass is 16.6. The van der Waals surface area contributed by atoms with Crippen molar-refractivity contribution in [1.29, 1.82) is 0 Å². The fraction of sp³-hybridized carbons (Fsp3) is 0.684. The summed E-state index contributed by atoms with van der Waals surface area (Å²) in [6.07, 6.45) is -0.394. The molecule has 29 heavy (non-hydrogen) atoms. The number of nitrogens with zero attached hydrogens (tertiary/aromatic N) is 3. The zero-order valence-electron chi connectivity index (χ0n) is 17.7. The average Bonchev–Trinajstić information content (AvgIpc) is 3.00. The van der Waals surface area contributed by atoms with E-state index in [0.717, 1.165) is 0 Å². The first-order valence-electron chi connectivity index (χ1n) is 9.42. The zero-order chi connectivity index (χ0) is 22.0. The maximum Gasteiger partial charge on any atom is 0.425 e. The number of hydrogen-bond donors (Lipinski definition) is 1. The molecule has 1 saturated heterocycles. The van der Waals surface area contributed by atoms with E-state index in [1.807, 2.05) is 0 Å². The third-order valence-corrected chi connectivity index (χ3v) is 3.80. The lowest BCUT2D eigenvalue weighted by molar-refractivity contribution is -0.0245. The van der Waals surface area contributed by atoms with Gasteiger partial charge in [-0.25, -0.2) is 14.4 Å². The minimum Gasteiger partial charge on any atom is -0.443 e. The van der Waals surface area contributed by atoms with E-state index in [1.165, 1.54) is 16.8 Å². The van der Waals surface area contributed by atoms with Gasteiger partial charge in [-0.3, -0.25) is 4.57 Å². The van der Waals surface area contributed by atoms with E-state index in [4.69, 9.17) is 14.2 Å². The lowest BCUT2D eigenvalue weighted by Crippen LogP contribution is -2.45. The number of amides is 2. The number of anilines is 1. The average molecular weight is 411 g/mol. The normalized spacial score (nSPS) is 19.7. The first-order chi connectivity index (χ1) is 13.3. The molecule has 2 amide bonds. The van der Waals surface area contributed by atoms with Gasteiger partial charge in [0.25, 0.3) is 0 Å². The molecule has 1 N–H and O–H groups in total. The van der Waals surface area contributed by atoms with Crippen molar-refractivity contribution in [3.63, 3.8) is 0 Å². The van der Waals surface area contributed by atoms with Crippen molar-refractivity contribution in [2.75, 3.05) is 11.5 Å². The third-order valence-electron chi connectivity index (χ3n) is 3.80. The van der Waals surface area contributed by atoms with E-state index in [2.05, 4.69) is 4.98 Å². The summed E-state index contributed by atoms with van der Waals surface area (Å²) in [5.74, 6) is -0.216. The molecule has 1 aliphatic rings. The third kappa shape index (κ3) is 6.26. The van der Waals surface area contributed by atoms with Crippen LogP contribution in [0.4, 0.5) is 15.4 Å². The van der Waals surface area contributed by atoms with Crippen molar-refractivity contribution in [3.05, 3.63) is 22.7 Å². The van der Waals surface area contributed by atoms with E-state index in [0.29, 0.717) is 17.7 Å². The Morgan fingerprint density at radius 1 is 1.17 bits per heavy atom. The van der Waals surface area contributed by atoms with Crippen LogP contribution >= 0.6 is 0 Å². The van der Waals surface area contributed by atoms with Crippen LogP contribution in [0.15, 0.2) is 17.1 Å². The van der Waals surface area contributed by atoms with Gasteiger partial charge >= 0.3 is 17.9 Å². The molecule has 1 aromatic rings. The number of ether oxygens (including phenoxy) is 3. The predicted octanol–water partition coefficient (Wildman–Crippen LogP) is 2.59. The number of aliphatic hydroxyl groups is 1. The van der Waals surface area contributed by atoms with Crippen LogP contribution in [-0.2, 0) is 14.2 Å². The lowest BCUT2D eigenvalue weighted by Gasteiger charge is -2.28. The van der Waals surface area contributed by atoms with Crippen molar-refractivity contribution in [3.8, 4) is 0 Å². The molecular weight excluding hydrogens is 382 g/mol. The molecule has 2 atom stereocenters. The summed E-state index contributed by atoms with van der Waals surface area (Å²) in [6, 6.07) is 1.34. The minimum atomic E-state index is -1.01. The Labute approximate surface area is 169 Å². The molecule has 10 heteroatoms. The van der Waals surface area contributed by atoms with Crippen LogP contribution in [0, 0.1) is 0 Å². The van der Waals surface area contributed by atoms with Gasteiger partial charge < -0.3 is 19.3 Å². The van der Waals surface area contributed by atoms with E-state index in [9.17, 15) is 19.5 Å². The molecule has 2 heterocycles. The number of aromatic nitrogens is 2. The van der Waals surface area contributed by atoms with Crippen LogP contribution in [0.3, 0.4) is 0 Å². The SMILES string of the molecule is CC(C)(C)OC(=O)N(C(=O)OC(C)(C)C)c1ccn(C2CCC(CO)O2)c(=O)n1. The Bertz CT molecular complexity index is 779. The summed E-state index contributed by atoms with van der Waals surface area (Å²) in [7, 11) is 0.